The molecule has 4 heteroatoms. The monoisotopic (exact) mass is 207 g/mol. The number of hydrogen-bond donors (Lipinski definition) is 3. The van der Waals surface area contributed by atoms with Gasteiger partial charge in [-0.25, -0.2) is 0 Å². The fourth-order valence-corrected chi connectivity index (χ4v) is 1.21. The zero-order chi connectivity index (χ0) is 7.98. The standard InChI is InChI=1S/C6H14BrN3/c1-8-5(4-7)6(9-2)10-3/h4,6,8-10H,1-3H3. The van der Waals surface area contributed by atoms with Crippen LogP contribution in [0.25, 0.3) is 0 Å². The van der Waals surface area contributed by atoms with Gasteiger partial charge in [-0.1, -0.05) is 15.9 Å². The van der Waals surface area contributed by atoms with E-state index in [9.17, 15) is 0 Å². The first-order chi connectivity index (χ1) is 4.79. The Morgan fingerprint density at radius 1 is 1.30 bits per heavy atom. The number of rotatable bonds is 4. The molecular weight excluding hydrogens is 194 g/mol. The summed E-state index contributed by atoms with van der Waals surface area (Å²) in [6.45, 7) is 0. The van der Waals surface area contributed by atoms with Crippen molar-refractivity contribution in [2.75, 3.05) is 21.1 Å². The van der Waals surface area contributed by atoms with Crippen molar-refractivity contribution >= 4 is 15.9 Å². The molecule has 0 radical (unpaired) electrons. The van der Waals surface area contributed by atoms with Crippen molar-refractivity contribution in [3.05, 3.63) is 10.7 Å². The molecule has 0 aromatic heterocycles. The summed E-state index contributed by atoms with van der Waals surface area (Å²) in [5, 5.41) is 9.21. The van der Waals surface area contributed by atoms with E-state index < -0.39 is 0 Å². The van der Waals surface area contributed by atoms with E-state index in [0.717, 1.165) is 5.70 Å². The van der Waals surface area contributed by atoms with Gasteiger partial charge in [-0.05, 0) is 14.1 Å². The molecule has 0 saturated heterocycles. The SMILES string of the molecule is CNC(=CBr)C(NC)NC. The van der Waals surface area contributed by atoms with Crippen LogP contribution in [-0.2, 0) is 0 Å². The Hall–Kier alpha value is -0.0600. The second-order valence-corrected chi connectivity index (χ2v) is 2.28. The minimum atomic E-state index is 0.185. The maximum absolute atomic E-state index is 3.25. The van der Waals surface area contributed by atoms with Crippen LogP contribution >= 0.6 is 15.9 Å². The third-order valence-electron chi connectivity index (χ3n) is 1.29. The van der Waals surface area contributed by atoms with Gasteiger partial charge in [-0.15, -0.1) is 0 Å². The van der Waals surface area contributed by atoms with Crippen molar-refractivity contribution in [3.63, 3.8) is 0 Å². The molecule has 3 N–H and O–H groups in total. The van der Waals surface area contributed by atoms with Crippen LogP contribution in [0.5, 0.6) is 0 Å². The molecule has 10 heavy (non-hydrogen) atoms. The number of nitrogens with one attached hydrogen (secondary N) is 3. The molecule has 0 unspecified atom stereocenters. The van der Waals surface area contributed by atoms with Gasteiger partial charge in [0.05, 0.1) is 6.17 Å². The maximum Gasteiger partial charge on any atom is 0.0985 e. The van der Waals surface area contributed by atoms with E-state index >= 15 is 0 Å². The molecule has 0 aliphatic heterocycles. The molecule has 3 nitrogen and oxygen atoms in total. The summed E-state index contributed by atoms with van der Waals surface area (Å²) in [6, 6.07) is 0. The van der Waals surface area contributed by atoms with E-state index in [1.807, 2.05) is 26.1 Å². The zero-order valence-corrected chi connectivity index (χ0v) is 8.12. The van der Waals surface area contributed by atoms with Crippen LogP contribution in [0.15, 0.2) is 10.7 Å². The molecule has 0 aliphatic carbocycles. The van der Waals surface area contributed by atoms with Crippen molar-refractivity contribution in [1.29, 1.82) is 0 Å². The smallest absolute Gasteiger partial charge is 0.0985 e. The maximum atomic E-state index is 3.25. The average molecular weight is 208 g/mol. The summed E-state index contributed by atoms with van der Waals surface area (Å²) >= 11 is 3.25. The highest BCUT2D eigenvalue weighted by molar-refractivity contribution is 9.11. The third-order valence-corrected chi connectivity index (χ3v) is 1.79. The van der Waals surface area contributed by atoms with Crippen LogP contribution in [0.2, 0.25) is 0 Å². The highest BCUT2D eigenvalue weighted by Crippen LogP contribution is 1.96. The highest BCUT2D eigenvalue weighted by Gasteiger charge is 2.05. The van der Waals surface area contributed by atoms with Gasteiger partial charge in [0, 0.05) is 17.7 Å². The lowest BCUT2D eigenvalue weighted by molar-refractivity contribution is 0.536. The Morgan fingerprint density at radius 3 is 1.90 bits per heavy atom. The Morgan fingerprint density at radius 2 is 1.80 bits per heavy atom. The second kappa shape index (κ2) is 5.70. The fourth-order valence-electron chi connectivity index (χ4n) is 0.717. The predicted molar refractivity (Wildman–Crippen MR) is 48.0 cm³/mol. The van der Waals surface area contributed by atoms with Gasteiger partial charge in [0.15, 0.2) is 0 Å². The highest BCUT2D eigenvalue weighted by atomic mass is 79.9. The van der Waals surface area contributed by atoms with E-state index in [2.05, 4.69) is 31.9 Å². The molecule has 0 aliphatic rings. The molecule has 0 fully saturated rings. The van der Waals surface area contributed by atoms with Gasteiger partial charge < -0.3 is 5.32 Å². The first kappa shape index (κ1) is 9.94. The Bertz CT molecular complexity index is 110. The molecule has 0 atom stereocenters. The van der Waals surface area contributed by atoms with Crippen molar-refractivity contribution in [2.45, 2.75) is 6.17 Å². The van der Waals surface area contributed by atoms with E-state index in [-0.39, 0.29) is 6.17 Å². The van der Waals surface area contributed by atoms with Gasteiger partial charge in [0.25, 0.3) is 0 Å². The van der Waals surface area contributed by atoms with Crippen LogP contribution < -0.4 is 16.0 Å². The van der Waals surface area contributed by atoms with E-state index in [1.54, 1.807) is 0 Å². The lowest BCUT2D eigenvalue weighted by Crippen LogP contribution is -2.42. The number of likely N-dealkylation sites (N-methyl/N-ethyl adjacent to an activating group) is 3. The van der Waals surface area contributed by atoms with Crippen molar-refractivity contribution in [1.82, 2.24) is 16.0 Å². The van der Waals surface area contributed by atoms with Gasteiger partial charge in [0.2, 0.25) is 0 Å². The lowest BCUT2D eigenvalue weighted by atomic mass is 10.4. The van der Waals surface area contributed by atoms with Gasteiger partial charge in [-0.2, -0.15) is 0 Å². The Kier molecular flexibility index (Phi) is 5.67. The first-order valence-electron chi connectivity index (χ1n) is 3.12. The molecule has 0 spiro atoms. The molecule has 0 bridgehead atoms. The van der Waals surface area contributed by atoms with Gasteiger partial charge >= 0.3 is 0 Å². The lowest BCUT2D eigenvalue weighted by Gasteiger charge is -2.17. The first-order valence-corrected chi connectivity index (χ1v) is 4.04. The molecule has 0 amide bonds. The van der Waals surface area contributed by atoms with E-state index in [4.69, 9.17) is 0 Å². The second-order valence-electron chi connectivity index (χ2n) is 1.82. The number of halogens is 1. The van der Waals surface area contributed by atoms with E-state index in [1.165, 1.54) is 0 Å². The molecular formula is C6H14BrN3. The van der Waals surface area contributed by atoms with Crippen molar-refractivity contribution < 1.29 is 0 Å². The number of hydrogen-bond acceptors (Lipinski definition) is 3. The van der Waals surface area contributed by atoms with Crippen molar-refractivity contribution in [2.24, 2.45) is 0 Å². The summed E-state index contributed by atoms with van der Waals surface area (Å²) < 4.78 is 0. The third kappa shape index (κ3) is 2.68. The molecule has 0 saturated carbocycles. The minimum Gasteiger partial charge on any atom is -0.389 e. The van der Waals surface area contributed by atoms with Crippen molar-refractivity contribution in [3.8, 4) is 0 Å². The summed E-state index contributed by atoms with van der Waals surface area (Å²) in [5.74, 6) is 0. The molecule has 0 rings (SSSR count). The van der Waals surface area contributed by atoms with Gasteiger partial charge in [-0.3, -0.25) is 10.6 Å². The van der Waals surface area contributed by atoms with Crippen LogP contribution in [0, 0.1) is 0 Å². The summed E-state index contributed by atoms with van der Waals surface area (Å²) in [4.78, 5) is 1.85. The topological polar surface area (TPSA) is 36.1 Å². The molecule has 0 aromatic rings. The average Bonchev–Trinajstić information content (AvgIpc) is 2.00. The van der Waals surface area contributed by atoms with Crippen LogP contribution in [0.1, 0.15) is 0 Å². The van der Waals surface area contributed by atoms with E-state index in [0.29, 0.717) is 0 Å². The minimum absolute atomic E-state index is 0.185. The quantitative estimate of drug-likeness (QED) is 0.578. The zero-order valence-electron chi connectivity index (χ0n) is 6.53. The normalized spacial score (nSPS) is 12.3. The molecule has 0 heterocycles. The largest absolute Gasteiger partial charge is 0.389 e. The summed E-state index contributed by atoms with van der Waals surface area (Å²) in [6.07, 6.45) is 0.185. The van der Waals surface area contributed by atoms with Crippen LogP contribution in [-0.4, -0.2) is 27.3 Å². The van der Waals surface area contributed by atoms with Gasteiger partial charge in [0.1, 0.15) is 0 Å². The fraction of sp³-hybridized carbons (Fsp3) is 0.667. The Balaban J connectivity index is 3.97. The predicted octanol–water partition coefficient (Wildman–Crippen LogP) is 0.207. The molecule has 60 valence electrons. The Labute approximate surface area is 70.4 Å². The summed E-state index contributed by atoms with van der Waals surface area (Å²) in [5.41, 5.74) is 1.07. The summed E-state index contributed by atoms with van der Waals surface area (Å²) in [7, 11) is 5.68. The van der Waals surface area contributed by atoms with Crippen LogP contribution in [0.4, 0.5) is 0 Å². The van der Waals surface area contributed by atoms with Crippen LogP contribution in [0.3, 0.4) is 0 Å². The molecule has 0 aromatic carbocycles.